The van der Waals surface area contributed by atoms with Gasteiger partial charge in [0, 0.05) is 5.92 Å². The molecule has 0 aliphatic heterocycles. The number of aromatic amines is 1. The predicted octanol–water partition coefficient (Wildman–Crippen LogP) is 2.57. The highest BCUT2D eigenvalue weighted by Crippen LogP contribution is 2.38. The number of H-pyrrole nitrogens is 1. The lowest BCUT2D eigenvalue weighted by atomic mass is 10.2. The molecule has 0 amide bonds. The number of benzene rings is 1. The van der Waals surface area contributed by atoms with Crippen LogP contribution in [0.2, 0.25) is 0 Å². The number of rotatable bonds is 3. The summed E-state index contributed by atoms with van der Waals surface area (Å²) >= 11 is 5.16. The van der Waals surface area contributed by atoms with Gasteiger partial charge in [-0.25, -0.2) is 0 Å². The van der Waals surface area contributed by atoms with Crippen LogP contribution in [-0.4, -0.2) is 21.1 Å². The fourth-order valence-electron chi connectivity index (χ4n) is 1.79. The summed E-state index contributed by atoms with van der Waals surface area (Å²) in [5.74, 6) is 1.38. The first-order valence-electron chi connectivity index (χ1n) is 6.00. The molecule has 1 aromatic heterocycles. The average molecular weight is 269 g/mol. The quantitative estimate of drug-likeness (QED) is 0.687. The van der Waals surface area contributed by atoms with Crippen LogP contribution in [0, 0.1) is 16.1 Å². The van der Waals surface area contributed by atoms with Crippen LogP contribution in [-0.2, 0) is 0 Å². The Kier molecular flexibility index (Phi) is 2.97. The maximum atomic E-state index is 8.74. The van der Waals surface area contributed by atoms with Crippen molar-refractivity contribution < 1.29 is 0 Å². The second-order valence-corrected chi connectivity index (χ2v) is 4.84. The van der Waals surface area contributed by atoms with Crippen molar-refractivity contribution in [3.63, 3.8) is 0 Å². The smallest absolute Gasteiger partial charge is 0.216 e. The normalized spacial score (nSPS) is 14.7. The van der Waals surface area contributed by atoms with E-state index in [9.17, 15) is 0 Å². The predicted molar refractivity (Wildman–Crippen MR) is 73.5 cm³/mol. The molecule has 1 fully saturated rings. The van der Waals surface area contributed by atoms with Crippen molar-refractivity contribution in [2.75, 3.05) is 0 Å². The highest BCUT2D eigenvalue weighted by atomic mass is 32.1. The van der Waals surface area contributed by atoms with Crippen LogP contribution >= 0.6 is 12.2 Å². The van der Waals surface area contributed by atoms with E-state index in [-0.39, 0.29) is 0 Å². The molecule has 0 atom stereocenters. The lowest BCUT2D eigenvalue weighted by Crippen LogP contribution is -1.97. The summed E-state index contributed by atoms with van der Waals surface area (Å²) in [6.45, 7) is 0. The summed E-state index contributed by atoms with van der Waals surface area (Å²) in [5.41, 5.74) is 1.56. The summed E-state index contributed by atoms with van der Waals surface area (Å²) < 4.78 is 2.18. The summed E-state index contributed by atoms with van der Waals surface area (Å²) in [7, 11) is 0. The molecule has 5 nitrogen and oxygen atoms in total. The van der Waals surface area contributed by atoms with Crippen LogP contribution in [0.1, 0.15) is 35.7 Å². The number of hydrogen-bond donors (Lipinski definition) is 1. The van der Waals surface area contributed by atoms with Gasteiger partial charge < -0.3 is 0 Å². The van der Waals surface area contributed by atoms with Crippen LogP contribution in [0.4, 0.5) is 0 Å². The maximum absolute atomic E-state index is 8.74. The zero-order valence-corrected chi connectivity index (χ0v) is 10.9. The van der Waals surface area contributed by atoms with Gasteiger partial charge in [0.05, 0.1) is 17.8 Å². The van der Waals surface area contributed by atoms with E-state index in [2.05, 4.69) is 21.4 Å². The van der Waals surface area contributed by atoms with Crippen LogP contribution in [0.15, 0.2) is 29.4 Å². The Morgan fingerprint density at radius 2 is 2.16 bits per heavy atom. The monoisotopic (exact) mass is 269 g/mol. The Morgan fingerprint density at radius 3 is 2.79 bits per heavy atom. The van der Waals surface area contributed by atoms with E-state index < -0.39 is 0 Å². The third-order valence-corrected chi connectivity index (χ3v) is 3.24. The van der Waals surface area contributed by atoms with Gasteiger partial charge in [-0.2, -0.15) is 20.1 Å². The zero-order chi connectivity index (χ0) is 13.2. The van der Waals surface area contributed by atoms with Crippen LogP contribution < -0.4 is 0 Å². The fraction of sp³-hybridized carbons (Fsp3) is 0.231. The Labute approximate surface area is 115 Å². The number of nitriles is 1. The van der Waals surface area contributed by atoms with Gasteiger partial charge in [-0.1, -0.05) is 12.1 Å². The molecule has 0 saturated heterocycles. The van der Waals surface area contributed by atoms with Crippen LogP contribution in [0.3, 0.4) is 0 Å². The van der Waals surface area contributed by atoms with Crippen molar-refractivity contribution >= 4 is 18.4 Å². The average Bonchev–Trinajstić information content (AvgIpc) is 3.22. The number of hydrogen-bond acceptors (Lipinski definition) is 4. The molecule has 6 heteroatoms. The topological polar surface area (TPSA) is 69.8 Å². The molecule has 0 unspecified atom stereocenters. The SMILES string of the molecule is N#Cc1ccc(/C=N\n2c(C3CC3)n[nH]c2=S)cc1. The molecule has 2 aromatic rings. The molecule has 1 aliphatic rings. The van der Waals surface area contributed by atoms with Crippen molar-refractivity contribution in [1.29, 1.82) is 5.26 Å². The summed E-state index contributed by atoms with van der Waals surface area (Å²) in [5, 5.41) is 20.1. The summed E-state index contributed by atoms with van der Waals surface area (Å²) in [6.07, 6.45) is 4.01. The van der Waals surface area contributed by atoms with Crippen molar-refractivity contribution in [1.82, 2.24) is 14.9 Å². The second kappa shape index (κ2) is 4.78. The molecule has 0 radical (unpaired) electrons. The lowest BCUT2D eigenvalue weighted by Gasteiger charge is -1.98. The molecule has 1 heterocycles. The van der Waals surface area contributed by atoms with Crippen LogP contribution in [0.25, 0.3) is 0 Å². The first kappa shape index (κ1) is 11.8. The van der Waals surface area contributed by atoms with E-state index in [1.165, 1.54) is 0 Å². The van der Waals surface area contributed by atoms with Crippen molar-refractivity contribution in [3.05, 3.63) is 46.0 Å². The summed E-state index contributed by atoms with van der Waals surface area (Å²) in [4.78, 5) is 0. The van der Waals surface area contributed by atoms with Gasteiger partial charge in [0.25, 0.3) is 0 Å². The van der Waals surface area contributed by atoms with Gasteiger partial charge in [0.15, 0.2) is 5.82 Å². The summed E-state index contributed by atoms with van der Waals surface area (Å²) in [6, 6.07) is 9.31. The Bertz CT molecular complexity index is 713. The van der Waals surface area contributed by atoms with E-state index in [1.807, 2.05) is 12.1 Å². The molecule has 1 aromatic carbocycles. The number of nitrogens with one attached hydrogen (secondary N) is 1. The van der Waals surface area contributed by atoms with E-state index in [4.69, 9.17) is 17.5 Å². The molecular formula is C13H11N5S. The van der Waals surface area contributed by atoms with Crippen molar-refractivity contribution in [2.45, 2.75) is 18.8 Å². The Balaban J connectivity index is 1.87. The number of aromatic nitrogens is 3. The van der Waals surface area contributed by atoms with Gasteiger partial charge in [0.2, 0.25) is 4.77 Å². The molecule has 1 saturated carbocycles. The first-order chi connectivity index (χ1) is 9.28. The molecule has 0 bridgehead atoms. The largest absolute Gasteiger partial charge is 0.250 e. The second-order valence-electron chi connectivity index (χ2n) is 4.45. The standard InChI is InChI=1S/C13H11N5S/c14-7-9-1-3-10(4-2-9)8-15-18-12(11-5-6-11)16-17-13(18)19/h1-4,8,11H,5-6H2,(H,17,19)/b15-8-. The lowest BCUT2D eigenvalue weighted by molar-refractivity contribution is 0.773. The van der Waals surface area contributed by atoms with Gasteiger partial charge in [-0.15, -0.1) is 0 Å². The molecular weight excluding hydrogens is 258 g/mol. The first-order valence-corrected chi connectivity index (χ1v) is 6.40. The van der Waals surface area contributed by atoms with E-state index in [1.54, 1.807) is 23.0 Å². The van der Waals surface area contributed by atoms with Gasteiger partial charge >= 0.3 is 0 Å². The van der Waals surface area contributed by atoms with Crippen molar-refractivity contribution in [3.8, 4) is 6.07 Å². The Morgan fingerprint density at radius 1 is 1.42 bits per heavy atom. The minimum atomic E-state index is 0.478. The molecule has 1 aliphatic carbocycles. The Hall–Kier alpha value is -2.26. The van der Waals surface area contributed by atoms with Gasteiger partial charge in [0.1, 0.15) is 0 Å². The third-order valence-electron chi connectivity index (χ3n) is 2.98. The van der Waals surface area contributed by atoms with E-state index in [0.29, 0.717) is 16.3 Å². The van der Waals surface area contributed by atoms with Crippen LogP contribution in [0.5, 0.6) is 0 Å². The minimum Gasteiger partial charge on any atom is -0.250 e. The number of nitrogens with zero attached hydrogens (tertiary/aromatic N) is 4. The fourth-order valence-corrected chi connectivity index (χ4v) is 1.98. The highest BCUT2D eigenvalue weighted by molar-refractivity contribution is 7.71. The van der Waals surface area contributed by atoms with E-state index in [0.717, 1.165) is 24.2 Å². The highest BCUT2D eigenvalue weighted by Gasteiger charge is 2.29. The molecule has 3 rings (SSSR count). The molecule has 19 heavy (non-hydrogen) atoms. The molecule has 0 spiro atoms. The zero-order valence-electron chi connectivity index (χ0n) is 10.1. The minimum absolute atomic E-state index is 0.478. The molecule has 1 N–H and O–H groups in total. The third kappa shape index (κ3) is 2.46. The molecule has 94 valence electrons. The van der Waals surface area contributed by atoms with Crippen molar-refractivity contribution in [2.24, 2.45) is 5.10 Å². The van der Waals surface area contributed by atoms with Gasteiger partial charge in [-0.3, -0.25) is 5.10 Å². The van der Waals surface area contributed by atoms with Gasteiger partial charge in [-0.05, 0) is 42.8 Å². The van der Waals surface area contributed by atoms with E-state index >= 15 is 0 Å². The maximum Gasteiger partial charge on any atom is 0.216 e.